The minimum Gasteiger partial charge on any atom is -0.383 e. The van der Waals surface area contributed by atoms with Crippen molar-refractivity contribution in [1.29, 1.82) is 0 Å². The Kier molecular flexibility index (Phi) is 4.46. The van der Waals surface area contributed by atoms with E-state index in [9.17, 15) is 18.7 Å². The zero-order chi connectivity index (χ0) is 18.0. The van der Waals surface area contributed by atoms with E-state index in [0.717, 1.165) is 6.07 Å². The van der Waals surface area contributed by atoms with E-state index < -0.39 is 23.1 Å². The van der Waals surface area contributed by atoms with E-state index >= 15 is 0 Å². The second kappa shape index (κ2) is 6.57. The number of fused-ring (bicyclic) bond motifs is 1. The quantitative estimate of drug-likeness (QED) is 0.766. The zero-order valence-corrected chi connectivity index (χ0v) is 13.5. The Hall–Kier alpha value is -2.86. The van der Waals surface area contributed by atoms with Gasteiger partial charge in [0.05, 0.1) is 17.6 Å². The largest absolute Gasteiger partial charge is 0.383 e. The normalized spacial score (nSPS) is 13.4. The van der Waals surface area contributed by atoms with E-state index in [4.69, 9.17) is 0 Å². The summed E-state index contributed by atoms with van der Waals surface area (Å²) >= 11 is 0. The molecule has 0 radical (unpaired) electrons. The minimum absolute atomic E-state index is 0.0891. The van der Waals surface area contributed by atoms with E-state index in [1.807, 2.05) is 6.07 Å². The molecule has 2 aromatic carbocycles. The van der Waals surface area contributed by atoms with Crippen LogP contribution < -0.4 is 5.32 Å². The lowest BCUT2D eigenvalue weighted by molar-refractivity contribution is 0.0495. The van der Waals surface area contributed by atoms with Gasteiger partial charge in [-0.1, -0.05) is 24.3 Å². The SMILES string of the molecule is CC(O)(CNC(=O)c1ccnc2ccccc12)c1ccc(F)cc1F. The predicted octanol–water partition coefficient (Wildman–Crippen LogP) is 3.15. The molecule has 1 amide bonds. The summed E-state index contributed by atoms with van der Waals surface area (Å²) < 4.78 is 26.9. The Morgan fingerprint density at radius 1 is 1.20 bits per heavy atom. The first-order valence-electron chi connectivity index (χ1n) is 7.68. The monoisotopic (exact) mass is 342 g/mol. The topological polar surface area (TPSA) is 62.2 Å². The molecule has 0 saturated heterocycles. The molecule has 128 valence electrons. The molecule has 0 aliphatic carbocycles. The molecule has 3 rings (SSSR count). The molecule has 6 heteroatoms. The lowest BCUT2D eigenvalue weighted by atomic mass is 9.95. The highest BCUT2D eigenvalue weighted by Crippen LogP contribution is 2.24. The van der Waals surface area contributed by atoms with Crippen LogP contribution in [0.5, 0.6) is 0 Å². The summed E-state index contributed by atoms with van der Waals surface area (Å²) in [6, 6.07) is 11.7. The number of rotatable bonds is 4. The van der Waals surface area contributed by atoms with Crippen LogP contribution in [0.25, 0.3) is 10.9 Å². The van der Waals surface area contributed by atoms with Crippen molar-refractivity contribution in [3.05, 3.63) is 77.5 Å². The van der Waals surface area contributed by atoms with Crippen molar-refractivity contribution >= 4 is 16.8 Å². The van der Waals surface area contributed by atoms with Crippen LogP contribution in [0.4, 0.5) is 8.78 Å². The molecule has 25 heavy (non-hydrogen) atoms. The van der Waals surface area contributed by atoms with Gasteiger partial charge in [-0.05, 0) is 25.1 Å². The van der Waals surface area contributed by atoms with Crippen molar-refractivity contribution < 1.29 is 18.7 Å². The highest BCUT2D eigenvalue weighted by molar-refractivity contribution is 6.05. The van der Waals surface area contributed by atoms with Gasteiger partial charge in [0.25, 0.3) is 5.91 Å². The third-order valence-electron chi connectivity index (χ3n) is 4.00. The molecule has 3 aromatic rings. The number of pyridine rings is 1. The predicted molar refractivity (Wildman–Crippen MR) is 90.0 cm³/mol. The molecule has 0 bridgehead atoms. The standard InChI is InChI=1S/C19H16F2N2O2/c1-19(25,15-7-6-12(20)10-16(15)21)11-23-18(24)14-8-9-22-17-5-3-2-4-13(14)17/h2-10,25H,11H2,1H3,(H,23,24). The van der Waals surface area contributed by atoms with Gasteiger partial charge in [0.15, 0.2) is 0 Å². The second-order valence-electron chi connectivity index (χ2n) is 5.96. The third kappa shape index (κ3) is 3.49. The number of aliphatic hydroxyl groups is 1. The van der Waals surface area contributed by atoms with E-state index in [-0.39, 0.29) is 12.1 Å². The van der Waals surface area contributed by atoms with Crippen LogP contribution in [-0.2, 0) is 5.60 Å². The number of hydrogen-bond donors (Lipinski definition) is 2. The number of hydrogen-bond acceptors (Lipinski definition) is 3. The molecule has 4 nitrogen and oxygen atoms in total. The summed E-state index contributed by atoms with van der Waals surface area (Å²) in [5.74, 6) is -2.01. The number of carbonyl (C=O) groups is 1. The van der Waals surface area contributed by atoms with Gasteiger partial charge in [0, 0.05) is 23.2 Å². The number of amides is 1. The van der Waals surface area contributed by atoms with Crippen molar-refractivity contribution in [2.45, 2.75) is 12.5 Å². The highest BCUT2D eigenvalue weighted by Gasteiger charge is 2.28. The fourth-order valence-corrected chi connectivity index (χ4v) is 2.66. The lowest BCUT2D eigenvalue weighted by Crippen LogP contribution is -2.39. The first kappa shape index (κ1) is 17.0. The first-order valence-corrected chi connectivity index (χ1v) is 7.68. The molecule has 0 spiro atoms. The van der Waals surface area contributed by atoms with Crippen LogP contribution >= 0.6 is 0 Å². The molecular weight excluding hydrogens is 326 g/mol. The van der Waals surface area contributed by atoms with Crippen LogP contribution in [0.15, 0.2) is 54.7 Å². The summed E-state index contributed by atoms with van der Waals surface area (Å²) in [6.45, 7) is 1.12. The summed E-state index contributed by atoms with van der Waals surface area (Å²) in [5, 5.41) is 13.7. The lowest BCUT2D eigenvalue weighted by Gasteiger charge is -2.25. The van der Waals surface area contributed by atoms with Crippen LogP contribution in [0, 0.1) is 11.6 Å². The van der Waals surface area contributed by atoms with Gasteiger partial charge in [0.2, 0.25) is 0 Å². The number of nitrogens with one attached hydrogen (secondary N) is 1. The van der Waals surface area contributed by atoms with E-state index in [0.29, 0.717) is 22.5 Å². The van der Waals surface area contributed by atoms with Gasteiger partial charge in [-0.3, -0.25) is 9.78 Å². The van der Waals surface area contributed by atoms with Crippen molar-refractivity contribution in [3.8, 4) is 0 Å². The second-order valence-corrected chi connectivity index (χ2v) is 5.96. The van der Waals surface area contributed by atoms with E-state index in [2.05, 4.69) is 10.3 Å². The highest BCUT2D eigenvalue weighted by atomic mass is 19.1. The van der Waals surface area contributed by atoms with E-state index in [1.165, 1.54) is 19.2 Å². The van der Waals surface area contributed by atoms with Crippen LogP contribution in [0.1, 0.15) is 22.8 Å². The molecular formula is C19H16F2N2O2. The molecule has 0 saturated carbocycles. The summed E-state index contributed by atoms with van der Waals surface area (Å²) in [7, 11) is 0. The molecule has 0 aliphatic rings. The van der Waals surface area contributed by atoms with Gasteiger partial charge in [-0.15, -0.1) is 0 Å². The van der Waals surface area contributed by atoms with Crippen molar-refractivity contribution in [3.63, 3.8) is 0 Å². The Morgan fingerprint density at radius 2 is 1.96 bits per heavy atom. The summed E-state index contributed by atoms with van der Waals surface area (Å²) in [6.07, 6.45) is 1.52. The maximum Gasteiger partial charge on any atom is 0.252 e. The number of benzene rings is 2. The summed E-state index contributed by atoms with van der Waals surface area (Å²) in [5.41, 5.74) is -0.697. The Bertz CT molecular complexity index is 936. The number of aromatic nitrogens is 1. The van der Waals surface area contributed by atoms with Gasteiger partial charge < -0.3 is 10.4 Å². The Morgan fingerprint density at radius 3 is 2.72 bits per heavy atom. The average Bonchev–Trinajstić information content (AvgIpc) is 2.59. The van der Waals surface area contributed by atoms with Gasteiger partial charge in [-0.25, -0.2) is 8.78 Å². The maximum absolute atomic E-state index is 13.9. The molecule has 1 unspecified atom stereocenters. The fourth-order valence-electron chi connectivity index (χ4n) is 2.66. The third-order valence-corrected chi connectivity index (χ3v) is 4.00. The Labute approximate surface area is 143 Å². The zero-order valence-electron chi connectivity index (χ0n) is 13.5. The van der Waals surface area contributed by atoms with Crippen LogP contribution in [0.3, 0.4) is 0 Å². The molecule has 2 N–H and O–H groups in total. The van der Waals surface area contributed by atoms with Crippen molar-refractivity contribution in [2.24, 2.45) is 0 Å². The smallest absolute Gasteiger partial charge is 0.252 e. The molecule has 1 aromatic heterocycles. The number of carbonyl (C=O) groups excluding carboxylic acids is 1. The van der Waals surface area contributed by atoms with Gasteiger partial charge in [-0.2, -0.15) is 0 Å². The molecule has 1 heterocycles. The van der Waals surface area contributed by atoms with Gasteiger partial charge in [0.1, 0.15) is 17.2 Å². The average molecular weight is 342 g/mol. The number of halogens is 2. The fraction of sp³-hybridized carbons (Fsp3) is 0.158. The van der Waals surface area contributed by atoms with Crippen molar-refractivity contribution in [2.75, 3.05) is 6.54 Å². The minimum atomic E-state index is -1.68. The van der Waals surface area contributed by atoms with Gasteiger partial charge >= 0.3 is 0 Å². The Balaban J connectivity index is 1.81. The number of nitrogens with zero attached hydrogens (tertiary/aromatic N) is 1. The molecule has 0 aliphatic heterocycles. The van der Waals surface area contributed by atoms with Crippen molar-refractivity contribution in [1.82, 2.24) is 10.3 Å². The molecule has 0 fully saturated rings. The van der Waals surface area contributed by atoms with Crippen LogP contribution in [0.2, 0.25) is 0 Å². The number of para-hydroxylation sites is 1. The maximum atomic E-state index is 13.9. The van der Waals surface area contributed by atoms with E-state index in [1.54, 1.807) is 24.3 Å². The van der Waals surface area contributed by atoms with Crippen LogP contribution in [-0.4, -0.2) is 22.5 Å². The first-order chi connectivity index (χ1) is 11.9. The molecule has 1 atom stereocenters. The summed E-state index contributed by atoms with van der Waals surface area (Å²) in [4.78, 5) is 16.7.